The van der Waals surface area contributed by atoms with Crippen molar-refractivity contribution < 1.29 is 14.3 Å². The van der Waals surface area contributed by atoms with E-state index in [1.165, 1.54) is 17.0 Å². The zero-order valence-electron chi connectivity index (χ0n) is 16.9. The van der Waals surface area contributed by atoms with Crippen molar-refractivity contribution in [3.63, 3.8) is 0 Å². The summed E-state index contributed by atoms with van der Waals surface area (Å²) in [5.74, 6) is 0.0243. The summed E-state index contributed by atoms with van der Waals surface area (Å²) in [6, 6.07) is 8.23. The highest BCUT2D eigenvalue weighted by atomic mass is 32.1. The van der Waals surface area contributed by atoms with Gasteiger partial charge in [0.2, 0.25) is 0 Å². The minimum atomic E-state index is -0.421. The summed E-state index contributed by atoms with van der Waals surface area (Å²) in [7, 11) is 0. The van der Waals surface area contributed by atoms with Gasteiger partial charge in [-0.25, -0.2) is 9.78 Å². The van der Waals surface area contributed by atoms with Crippen LogP contribution in [0.4, 0.5) is 5.69 Å². The van der Waals surface area contributed by atoms with E-state index in [9.17, 15) is 9.59 Å². The van der Waals surface area contributed by atoms with Gasteiger partial charge in [0.15, 0.2) is 0 Å². The number of hydrogen-bond donors (Lipinski definition) is 1. The molecule has 1 aliphatic rings. The molecule has 0 bridgehead atoms. The van der Waals surface area contributed by atoms with Crippen molar-refractivity contribution in [2.45, 2.75) is 13.8 Å². The molecular formula is C22H23N3O4S. The lowest BCUT2D eigenvalue weighted by Gasteiger charge is -2.28. The molecule has 0 amide bonds. The number of aromatic amines is 1. The fourth-order valence-electron chi connectivity index (χ4n) is 3.42. The molecule has 1 N–H and O–H groups in total. The molecule has 3 aromatic rings. The second-order valence-electron chi connectivity index (χ2n) is 6.93. The lowest BCUT2D eigenvalue weighted by molar-refractivity contribution is 0.0531. The summed E-state index contributed by atoms with van der Waals surface area (Å²) in [6.45, 7) is 7.08. The van der Waals surface area contributed by atoms with E-state index in [2.05, 4.69) is 27.0 Å². The average Bonchev–Trinajstić information content (AvgIpc) is 3.10. The Labute approximate surface area is 178 Å². The molecule has 1 saturated heterocycles. The third-order valence-electron chi connectivity index (χ3n) is 4.98. The molecular weight excluding hydrogens is 402 g/mol. The fourth-order valence-corrected chi connectivity index (χ4v) is 4.51. The summed E-state index contributed by atoms with van der Waals surface area (Å²) < 4.78 is 10.5. The Bertz CT molecular complexity index is 1140. The highest BCUT2D eigenvalue weighted by Gasteiger charge is 2.19. The molecule has 2 aromatic heterocycles. The first-order valence-corrected chi connectivity index (χ1v) is 10.7. The number of morpholine rings is 1. The number of aryl methyl sites for hydroxylation is 1. The van der Waals surface area contributed by atoms with Crippen LogP contribution in [0.2, 0.25) is 0 Å². The van der Waals surface area contributed by atoms with Gasteiger partial charge in [-0.3, -0.25) is 4.79 Å². The number of ether oxygens (including phenoxy) is 2. The van der Waals surface area contributed by atoms with Crippen LogP contribution in [0.5, 0.6) is 0 Å². The summed E-state index contributed by atoms with van der Waals surface area (Å²) in [6.07, 6.45) is 3.67. The molecule has 0 radical (unpaired) electrons. The molecule has 1 aliphatic heterocycles. The zero-order valence-corrected chi connectivity index (χ0v) is 17.8. The van der Waals surface area contributed by atoms with Crippen LogP contribution in [0.25, 0.3) is 22.4 Å². The van der Waals surface area contributed by atoms with Crippen molar-refractivity contribution in [1.29, 1.82) is 0 Å². The Morgan fingerprint density at radius 1 is 1.27 bits per heavy atom. The van der Waals surface area contributed by atoms with Crippen LogP contribution in [0.15, 0.2) is 29.1 Å². The first-order valence-electron chi connectivity index (χ1n) is 9.88. The van der Waals surface area contributed by atoms with Gasteiger partial charge in [0.25, 0.3) is 5.56 Å². The number of fused-ring (bicyclic) bond motifs is 1. The summed E-state index contributed by atoms with van der Waals surface area (Å²) in [5, 5.41) is 0.440. The van der Waals surface area contributed by atoms with E-state index in [0.29, 0.717) is 26.5 Å². The average molecular weight is 426 g/mol. The third kappa shape index (κ3) is 4.15. The minimum absolute atomic E-state index is 0.258. The van der Waals surface area contributed by atoms with Crippen LogP contribution < -0.4 is 10.5 Å². The monoisotopic (exact) mass is 425 g/mol. The van der Waals surface area contributed by atoms with Gasteiger partial charge in [0.05, 0.1) is 25.2 Å². The number of H-pyrrole nitrogens is 1. The van der Waals surface area contributed by atoms with E-state index in [0.717, 1.165) is 31.9 Å². The third-order valence-corrected chi connectivity index (χ3v) is 6.15. The van der Waals surface area contributed by atoms with Crippen LogP contribution in [0.3, 0.4) is 0 Å². The molecule has 7 nitrogen and oxygen atoms in total. The molecule has 30 heavy (non-hydrogen) atoms. The minimum Gasteiger partial charge on any atom is -0.462 e. The molecule has 0 unspecified atom stereocenters. The predicted molar refractivity (Wildman–Crippen MR) is 119 cm³/mol. The number of hydrogen-bond acceptors (Lipinski definition) is 7. The largest absolute Gasteiger partial charge is 0.462 e. The SMILES string of the molecule is CCOC(=O)c1sc2nc(C=Cc3ccc(N4CCOCC4)cc3)[nH]c(=O)c2c1C. The van der Waals surface area contributed by atoms with Crippen LogP contribution >= 0.6 is 11.3 Å². The first-order chi connectivity index (χ1) is 14.6. The van der Waals surface area contributed by atoms with Crippen molar-refractivity contribution in [3.8, 4) is 0 Å². The topological polar surface area (TPSA) is 84.5 Å². The number of rotatable bonds is 5. The molecule has 0 saturated carbocycles. The van der Waals surface area contributed by atoms with Gasteiger partial charge in [-0.15, -0.1) is 11.3 Å². The zero-order chi connectivity index (χ0) is 21.1. The van der Waals surface area contributed by atoms with E-state index in [4.69, 9.17) is 9.47 Å². The second-order valence-corrected chi connectivity index (χ2v) is 7.93. The number of carbonyl (C=O) groups excluding carboxylic acids is 1. The van der Waals surface area contributed by atoms with Crippen molar-refractivity contribution >= 4 is 45.4 Å². The number of thiophene rings is 1. The van der Waals surface area contributed by atoms with Gasteiger partial charge >= 0.3 is 5.97 Å². The molecule has 3 heterocycles. The molecule has 0 aliphatic carbocycles. The lowest BCUT2D eigenvalue weighted by Crippen LogP contribution is -2.36. The van der Waals surface area contributed by atoms with Crippen molar-refractivity contribution in [1.82, 2.24) is 9.97 Å². The van der Waals surface area contributed by atoms with Crippen LogP contribution in [-0.4, -0.2) is 48.8 Å². The van der Waals surface area contributed by atoms with Gasteiger partial charge in [0.1, 0.15) is 15.5 Å². The number of esters is 1. The number of aromatic nitrogens is 2. The maximum absolute atomic E-state index is 12.6. The van der Waals surface area contributed by atoms with E-state index >= 15 is 0 Å². The van der Waals surface area contributed by atoms with Gasteiger partial charge in [-0.1, -0.05) is 18.2 Å². The van der Waals surface area contributed by atoms with Gasteiger partial charge in [-0.05, 0) is 43.2 Å². The van der Waals surface area contributed by atoms with Gasteiger partial charge in [0, 0.05) is 18.8 Å². The van der Waals surface area contributed by atoms with Crippen molar-refractivity contribution in [3.05, 3.63) is 56.4 Å². The standard InChI is InChI=1S/C22H23N3O4S/c1-3-29-22(27)19-14(2)18-20(26)23-17(24-21(18)30-19)9-6-15-4-7-16(8-5-15)25-10-12-28-13-11-25/h4-9H,3,10-13H2,1-2H3,(H,23,24,26). The van der Waals surface area contributed by atoms with Crippen LogP contribution in [0, 0.1) is 6.92 Å². The molecule has 0 spiro atoms. The van der Waals surface area contributed by atoms with E-state index in [1.807, 2.05) is 18.2 Å². The fraction of sp³-hybridized carbons (Fsp3) is 0.318. The quantitative estimate of drug-likeness (QED) is 0.630. The van der Waals surface area contributed by atoms with E-state index in [1.54, 1.807) is 19.9 Å². The van der Waals surface area contributed by atoms with Gasteiger partial charge < -0.3 is 19.4 Å². The Hall–Kier alpha value is -2.97. The molecule has 0 atom stereocenters. The van der Waals surface area contributed by atoms with Crippen molar-refractivity contribution in [2.24, 2.45) is 0 Å². The smallest absolute Gasteiger partial charge is 0.348 e. The molecule has 8 heteroatoms. The van der Waals surface area contributed by atoms with Crippen LogP contribution in [0.1, 0.15) is 33.5 Å². The predicted octanol–water partition coefficient (Wildman–Crippen LogP) is 3.48. The molecule has 156 valence electrons. The maximum Gasteiger partial charge on any atom is 0.348 e. The molecule has 1 aromatic carbocycles. The summed E-state index contributed by atoms with van der Waals surface area (Å²) >= 11 is 1.18. The first kappa shape index (κ1) is 20.3. The Balaban J connectivity index is 1.56. The number of carbonyl (C=O) groups is 1. The Kier molecular flexibility index (Phi) is 5.96. The van der Waals surface area contributed by atoms with Crippen LogP contribution in [-0.2, 0) is 9.47 Å². The normalized spacial score (nSPS) is 14.5. The summed E-state index contributed by atoms with van der Waals surface area (Å²) in [5.41, 5.74) is 2.52. The second kappa shape index (κ2) is 8.81. The lowest BCUT2D eigenvalue weighted by atomic mass is 10.1. The Morgan fingerprint density at radius 3 is 2.70 bits per heavy atom. The van der Waals surface area contributed by atoms with E-state index < -0.39 is 5.97 Å². The highest BCUT2D eigenvalue weighted by Crippen LogP contribution is 2.28. The van der Waals surface area contributed by atoms with E-state index in [-0.39, 0.29) is 12.2 Å². The van der Waals surface area contributed by atoms with Crippen molar-refractivity contribution in [2.75, 3.05) is 37.8 Å². The highest BCUT2D eigenvalue weighted by molar-refractivity contribution is 7.20. The molecule has 4 rings (SSSR count). The molecule has 1 fully saturated rings. The number of benzene rings is 1. The number of anilines is 1. The Morgan fingerprint density at radius 2 is 2.00 bits per heavy atom. The number of nitrogens with one attached hydrogen (secondary N) is 1. The maximum atomic E-state index is 12.6. The number of nitrogens with zero attached hydrogens (tertiary/aromatic N) is 2. The summed E-state index contributed by atoms with van der Waals surface area (Å²) in [4.78, 5) is 35.2. The van der Waals surface area contributed by atoms with Gasteiger partial charge in [-0.2, -0.15) is 0 Å².